The van der Waals surface area contributed by atoms with Crippen LogP contribution in [0.1, 0.15) is 0 Å². The van der Waals surface area contributed by atoms with Crippen LogP contribution in [0.4, 0.5) is 5.69 Å². The third-order valence-corrected chi connectivity index (χ3v) is 3.68. The highest BCUT2D eigenvalue weighted by molar-refractivity contribution is 9.11. The predicted molar refractivity (Wildman–Crippen MR) is 63.4 cm³/mol. The van der Waals surface area contributed by atoms with Gasteiger partial charge in [-0.1, -0.05) is 0 Å². The van der Waals surface area contributed by atoms with E-state index < -0.39 is 0 Å². The molecule has 0 atom stereocenters. The number of hydrogen-bond acceptors (Lipinski definition) is 4. The number of benzene rings is 1. The first kappa shape index (κ1) is 9.95. The fraction of sp³-hybridized carbons (Fsp3) is 0. The van der Waals surface area contributed by atoms with Crippen LogP contribution < -0.4 is 0 Å². The lowest BCUT2D eigenvalue weighted by molar-refractivity contribution is -0.383. The van der Waals surface area contributed by atoms with Gasteiger partial charge in [0.1, 0.15) is 4.70 Å². The monoisotopic (exact) mass is 289 g/mol. The second kappa shape index (κ2) is 3.52. The molecule has 6 heteroatoms. The first-order chi connectivity index (χ1) is 6.58. The Hall–Kier alpha value is -0.590. The summed E-state index contributed by atoms with van der Waals surface area (Å²) in [5.41, 5.74) is 0.114. The number of hydrogen-bond donors (Lipinski definition) is 1. The van der Waals surface area contributed by atoms with Gasteiger partial charge < -0.3 is 0 Å². The first-order valence-electron chi connectivity index (χ1n) is 3.64. The molecule has 0 bridgehead atoms. The van der Waals surface area contributed by atoms with Gasteiger partial charge in [-0.2, -0.15) is 0 Å². The number of nitro benzene ring substituents is 1. The Kier molecular flexibility index (Phi) is 2.50. The molecule has 0 radical (unpaired) electrons. The maximum Gasteiger partial charge on any atom is 0.288 e. The van der Waals surface area contributed by atoms with E-state index in [2.05, 4.69) is 28.6 Å². The number of thiol groups is 1. The number of halogens is 1. The molecule has 0 fully saturated rings. The summed E-state index contributed by atoms with van der Waals surface area (Å²) in [6, 6.07) is 5.13. The molecule has 14 heavy (non-hydrogen) atoms. The molecule has 0 aliphatic carbocycles. The Labute approximate surface area is 97.4 Å². The molecule has 0 spiro atoms. The van der Waals surface area contributed by atoms with Crippen molar-refractivity contribution in [2.45, 2.75) is 4.90 Å². The van der Waals surface area contributed by atoms with Crippen LogP contribution in [0.2, 0.25) is 0 Å². The zero-order valence-electron chi connectivity index (χ0n) is 6.73. The molecule has 0 saturated carbocycles. The SMILES string of the molecule is O=[N+]([O-])c1cc(S)cc2cc(Br)sc12. The average Bonchev–Trinajstić information content (AvgIpc) is 2.42. The standard InChI is InChI=1S/C8H4BrNO2S2/c9-7-2-4-1-5(13)3-6(10(11)12)8(4)14-7/h1-3,13H. The van der Waals surface area contributed by atoms with Crippen LogP contribution in [-0.2, 0) is 0 Å². The molecule has 1 heterocycles. The summed E-state index contributed by atoms with van der Waals surface area (Å²) < 4.78 is 1.56. The molecule has 0 amide bonds. The van der Waals surface area contributed by atoms with Crippen molar-refractivity contribution in [3.8, 4) is 0 Å². The van der Waals surface area contributed by atoms with E-state index in [1.165, 1.54) is 17.4 Å². The summed E-state index contributed by atoms with van der Waals surface area (Å²) in [5, 5.41) is 11.6. The van der Waals surface area contributed by atoms with Crippen molar-refractivity contribution < 1.29 is 4.92 Å². The van der Waals surface area contributed by atoms with Gasteiger partial charge in [0.25, 0.3) is 5.69 Å². The third kappa shape index (κ3) is 1.65. The highest BCUT2D eigenvalue weighted by Gasteiger charge is 2.15. The van der Waals surface area contributed by atoms with Gasteiger partial charge in [-0.15, -0.1) is 24.0 Å². The van der Waals surface area contributed by atoms with Crippen molar-refractivity contribution >= 4 is 55.7 Å². The fourth-order valence-electron chi connectivity index (χ4n) is 1.22. The molecule has 1 aromatic carbocycles. The molecule has 2 rings (SSSR count). The van der Waals surface area contributed by atoms with Crippen LogP contribution >= 0.6 is 39.9 Å². The van der Waals surface area contributed by atoms with Crippen molar-refractivity contribution in [3.63, 3.8) is 0 Å². The molecular formula is C8H4BrNO2S2. The summed E-state index contributed by atoms with van der Waals surface area (Å²) >= 11 is 8.78. The zero-order chi connectivity index (χ0) is 10.3. The van der Waals surface area contributed by atoms with Crippen molar-refractivity contribution in [3.05, 3.63) is 32.1 Å². The molecule has 0 aliphatic heterocycles. The predicted octanol–water partition coefficient (Wildman–Crippen LogP) is 3.86. The highest BCUT2D eigenvalue weighted by atomic mass is 79.9. The molecule has 0 saturated heterocycles. The Morgan fingerprint density at radius 3 is 2.79 bits per heavy atom. The van der Waals surface area contributed by atoms with Gasteiger partial charge in [-0.25, -0.2) is 0 Å². The van der Waals surface area contributed by atoms with Crippen LogP contribution in [0.3, 0.4) is 0 Å². The fourth-order valence-corrected chi connectivity index (χ4v) is 3.07. The van der Waals surface area contributed by atoms with Crippen LogP contribution in [-0.4, -0.2) is 4.92 Å². The lowest BCUT2D eigenvalue weighted by atomic mass is 10.2. The van der Waals surface area contributed by atoms with E-state index in [9.17, 15) is 10.1 Å². The van der Waals surface area contributed by atoms with Gasteiger partial charge in [0.15, 0.2) is 0 Å². The van der Waals surface area contributed by atoms with E-state index in [4.69, 9.17) is 0 Å². The van der Waals surface area contributed by atoms with Crippen LogP contribution in [0, 0.1) is 10.1 Å². The Bertz CT molecular complexity index is 523. The topological polar surface area (TPSA) is 43.1 Å². The van der Waals surface area contributed by atoms with Crippen LogP contribution in [0.25, 0.3) is 10.1 Å². The largest absolute Gasteiger partial charge is 0.288 e. The summed E-state index contributed by atoms with van der Waals surface area (Å²) in [6.07, 6.45) is 0. The quantitative estimate of drug-likeness (QED) is 0.492. The van der Waals surface area contributed by atoms with Gasteiger partial charge in [-0.05, 0) is 28.1 Å². The molecule has 0 N–H and O–H groups in total. The van der Waals surface area contributed by atoms with Gasteiger partial charge in [0.2, 0.25) is 0 Å². The Morgan fingerprint density at radius 1 is 1.43 bits per heavy atom. The van der Waals surface area contributed by atoms with Crippen molar-refractivity contribution in [1.82, 2.24) is 0 Å². The van der Waals surface area contributed by atoms with Gasteiger partial charge in [0, 0.05) is 16.3 Å². The van der Waals surface area contributed by atoms with Gasteiger partial charge >= 0.3 is 0 Å². The van der Waals surface area contributed by atoms with Crippen molar-refractivity contribution in [2.24, 2.45) is 0 Å². The van der Waals surface area contributed by atoms with Gasteiger partial charge in [-0.3, -0.25) is 10.1 Å². The van der Waals surface area contributed by atoms with Crippen LogP contribution in [0.15, 0.2) is 26.9 Å². The average molecular weight is 290 g/mol. The normalized spacial score (nSPS) is 10.7. The first-order valence-corrected chi connectivity index (χ1v) is 5.70. The molecule has 72 valence electrons. The molecule has 0 aliphatic rings. The zero-order valence-corrected chi connectivity index (χ0v) is 10.0. The third-order valence-electron chi connectivity index (χ3n) is 1.75. The number of rotatable bonds is 1. The number of nitro groups is 1. The number of non-ortho nitro benzene ring substituents is 1. The summed E-state index contributed by atoms with van der Waals surface area (Å²) in [6.45, 7) is 0. The van der Waals surface area contributed by atoms with E-state index in [1.54, 1.807) is 0 Å². The molecular weight excluding hydrogens is 286 g/mol. The van der Waals surface area contributed by atoms with E-state index in [1.807, 2.05) is 12.1 Å². The second-order valence-corrected chi connectivity index (χ2v) is 5.64. The van der Waals surface area contributed by atoms with Crippen molar-refractivity contribution in [2.75, 3.05) is 0 Å². The summed E-state index contributed by atoms with van der Waals surface area (Å²) in [5.74, 6) is 0. The van der Waals surface area contributed by atoms with E-state index >= 15 is 0 Å². The molecule has 3 nitrogen and oxygen atoms in total. The summed E-state index contributed by atoms with van der Waals surface area (Å²) in [4.78, 5) is 11.0. The maximum absolute atomic E-state index is 10.7. The lowest BCUT2D eigenvalue weighted by Gasteiger charge is -1.95. The number of nitrogens with zero attached hydrogens (tertiary/aromatic N) is 1. The molecule has 0 unspecified atom stereocenters. The van der Waals surface area contributed by atoms with Crippen molar-refractivity contribution in [1.29, 1.82) is 0 Å². The van der Waals surface area contributed by atoms with Gasteiger partial charge in [0.05, 0.1) is 8.71 Å². The minimum Gasteiger partial charge on any atom is -0.258 e. The number of thiophene rings is 1. The minimum absolute atomic E-state index is 0.114. The Morgan fingerprint density at radius 2 is 2.14 bits per heavy atom. The van der Waals surface area contributed by atoms with E-state index in [0.717, 1.165) is 9.17 Å². The molecule has 2 aromatic rings. The van der Waals surface area contributed by atoms with E-state index in [0.29, 0.717) is 9.60 Å². The smallest absolute Gasteiger partial charge is 0.258 e. The minimum atomic E-state index is -0.384. The molecule has 1 aromatic heterocycles. The van der Waals surface area contributed by atoms with Crippen LogP contribution in [0.5, 0.6) is 0 Å². The summed E-state index contributed by atoms with van der Waals surface area (Å²) in [7, 11) is 0. The number of fused-ring (bicyclic) bond motifs is 1. The Balaban J connectivity index is 2.85. The maximum atomic E-state index is 10.7. The lowest BCUT2D eigenvalue weighted by Crippen LogP contribution is -1.87. The second-order valence-electron chi connectivity index (χ2n) is 2.69. The highest BCUT2D eigenvalue weighted by Crippen LogP contribution is 2.37. The van der Waals surface area contributed by atoms with E-state index in [-0.39, 0.29) is 10.6 Å².